The molecule has 8 heteroatoms. The number of rotatable bonds is 9. The van der Waals surface area contributed by atoms with Crippen molar-refractivity contribution >= 4 is 9.53 Å². The van der Waals surface area contributed by atoms with Crippen LogP contribution in [-0.2, 0) is 19.7 Å². The van der Waals surface area contributed by atoms with Crippen LogP contribution in [0.3, 0.4) is 0 Å². The molecule has 0 bridgehead atoms. The van der Waals surface area contributed by atoms with Crippen LogP contribution in [0.5, 0.6) is 0 Å². The number of benzene rings is 1. The molecule has 0 aliphatic rings. The Kier molecular flexibility index (Phi) is 8.01. The van der Waals surface area contributed by atoms with E-state index in [-0.39, 0.29) is 18.1 Å². The van der Waals surface area contributed by atoms with Crippen molar-refractivity contribution < 1.29 is 30.8 Å². The second-order valence-corrected chi connectivity index (χ2v) is 6.70. The summed E-state index contributed by atoms with van der Waals surface area (Å²) in [6.45, 7) is 1.86. The van der Waals surface area contributed by atoms with Crippen LogP contribution in [0, 0.1) is 23.3 Å². The van der Waals surface area contributed by atoms with Gasteiger partial charge in [-0.05, 0) is 37.8 Å². The van der Waals surface area contributed by atoms with Crippen LogP contribution in [0.25, 0.3) is 0 Å². The molecular weight excluding hydrogens is 320 g/mol. The molecule has 0 spiro atoms. The fourth-order valence-electron chi connectivity index (χ4n) is 2.02. The number of hydrogen-bond acceptors (Lipinski definition) is 3. The number of hydrogen-bond donors (Lipinski definition) is 0. The van der Waals surface area contributed by atoms with Gasteiger partial charge < -0.3 is 13.3 Å². The Morgan fingerprint density at radius 2 is 1.64 bits per heavy atom. The van der Waals surface area contributed by atoms with E-state index in [1.165, 1.54) is 14.2 Å². The van der Waals surface area contributed by atoms with Crippen molar-refractivity contribution in [1.29, 1.82) is 0 Å². The average molecular weight is 340 g/mol. The molecule has 0 saturated carbocycles. The van der Waals surface area contributed by atoms with Gasteiger partial charge in [-0.3, -0.25) is 0 Å². The Bertz CT molecular complexity index is 484. The molecule has 0 N–H and O–H groups in total. The second kappa shape index (κ2) is 9.24. The Morgan fingerprint density at radius 3 is 2.23 bits per heavy atom. The number of unbranched alkanes of at least 4 members (excludes halogenated alkanes) is 1. The van der Waals surface area contributed by atoms with E-state index in [1.807, 2.05) is 6.92 Å². The van der Waals surface area contributed by atoms with E-state index in [4.69, 9.17) is 13.3 Å². The molecule has 1 aromatic carbocycles. The van der Waals surface area contributed by atoms with Crippen LogP contribution in [0.2, 0.25) is 0 Å². The van der Waals surface area contributed by atoms with Gasteiger partial charge in [0, 0.05) is 20.3 Å². The first kappa shape index (κ1) is 19.1. The van der Waals surface area contributed by atoms with Gasteiger partial charge in [0.15, 0.2) is 23.3 Å². The Balaban J connectivity index is 2.42. The molecule has 1 atom stereocenters. The van der Waals surface area contributed by atoms with E-state index in [0.29, 0.717) is 25.3 Å². The van der Waals surface area contributed by atoms with Crippen LogP contribution >= 0.6 is 0 Å². The molecule has 0 amide bonds. The topological polar surface area (TPSA) is 27.7 Å². The molecule has 1 unspecified atom stereocenters. The van der Waals surface area contributed by atoms with E-state index < -0.39 is 32.8 Å². The second-order valence-electron chi connectivity index (χ2n) is 4.91. The van der Waals surface area contributed by atoms with Gasteiger partial charge in [-0.15, -0.1) is 0 Å². The smallest absolute Gasteiger partial charge is 0.379 e. The Hall–Kier alpha value is -0.963. The van der Waals surface area contributed by atoms with Crippen molar-refractivity contribution in [1.82, 2.24) is 0 Å². The van der Waals surface area contributed by atoms with Crippen molar-refractivity contribution in [3.05, 3.63) is 34.9 Å². The highest BCUT2D eigenvalue weighted by molar-refractivity contribution is 6.36. The third-order valence-electron chi connectivity index (χ3n) is 3.21. The summed E-state index contributed by atoms with van der Waals surface area (Å²) in [5.41, 5.74) is -0.161. The maximum absolute atomic E-state index is 13.5. The van der Waals surface area contributed by atoms with Crippen LogP contribution in [0.4, 0.5) is 17.6 Å². The summed E-state index contributed by atoms with van der Waals surface area (Å²) >= 11 is 0. The first-order valence-corrected chi connectivity index (χ1v) is 8.35. The highest BCUT2D eigenvalue weighted by Crippen LogP contribution is 2.20. The van der Waals surface area contributed by atoms with Gasteiger partial charge in [-0.1, -0.05) is 6.42 Å². The first-order valence-electron chi connectivity index (χ1n) is 6.93. The SMILES string of the molecule is CO[SiH](OC)OC(C)CCCCc1cc(F)c(F)c(F)c1F. The average Bonchev–Trinajstić information content (AvgIpc) is 2.51. The van der Waals surface area contributed by atoms with Crippen LogP contribution in [0.15, 0.2) is 6.07 Å². The van der Waals surface area contributed by atoms with E-state index >= 15 is 0 Å². The lowest BCUT2D eigenvalue weighted by Gasteiger charge is -2.17. The van der Waals surface area contributed by atoms with Crippen LogP contribution < -0.4 is 0 Å². The molecule has 0 aromatic heterocycles. The normalized spacial score (nSPS) is 12.9. The van der Waals surface area contributed by atoms with Gasteiger partial charge >= 0.3 is 9.53 Å². The number of aryl methyl sites for hydroxylation is 1. The maximum atomic E-state index is 13.5. The van der Waals surface area contributed by atoms with Crippen LogP contribution in [-0.4, -0.2) is 29.9 Å². The zero-order valence-electron chi connectivity index (χ0n) is 12.8. The molecule has 0 aliphatic heterocycles. The van der Waals surface area contributed by atoms with Crippen molar-refractivity contribution in [3.63, 3.8) is 0 Å². The molecule has 1 aromatic rings. The molecule has 1 rings (SSSR count). The molecule has 126 valence electrons. The summed E-state index contributed by atoms with van der Waals surface area (Å²) in [6.07, 6.45) is 1.87. The van der Waals surface area contributed by atoms with Gasteiger partial charge in [0.1, 0.15) is 0 Å². The van der Waals surface area contributed by atoms with Crippen LogP contribution in [0.1, 0.15) is 31.7 Å². The lowest BCUT2D eigenvalue weighted by molar-refractivity contribution is 0.0893. The fraction of sp³-hybridized carbons (Fsp3) is 0.571. The summed E-state index contributed by atoms with van der Waals surface area (Å²) in [5.74, 6) is -6.24. The summed E-state index contributed by atoms with van der Waals surface area (Å²) in [7, 11) is 0.926. The molecule has 0 heterocycles. The molecular formula is C14H20F4O3Si. The molecule has 22 heavy (non-hydrogen) atoms. The van der Waals surface area contributed by atoms with Crippen molar-refractivity contribution in [2.45, 2.75) is 38.7 Å². The third-order valence-corrected chi connectivity index (χ3v) is 4.67. The molecule has 3 nitrogen and oxygen atoms in total. The van der Waals surface area contributed by atoms with E-state index in [2.05, 4.69) is 0 Å². The molecule has 0 fully saturated rings. The molecule has 0 aliphatic carbocycles. The first-order chi connectivity index (χ1) is 10.4. The predicted octanol–water partition coefficient (Wildman–Crippen LogP) is 3.37. The zero-order valence-corrected chi connectivity index (χ0v) is 14.0. The van der Waals surface area contributed by atoms with E-state index in [9.17, 15) is 17.6 Å². The summed E-state index contributed by atoms with van der Waals surface area (Å²) < 4.78 is 68.0. The van der Waals surface area contributed by atoms with Gasteiger partial charge in [0.2, 0.25) is 0 Å². The number of halogens is 4. The lowest BCUT2D eigenvalue weighted by atomic mass is 10.0. The standard InChI is InChI=1S/C14H20F4O3Si/c1-9(21-22(19-2)20-3)6-4-5-7-10-8-11(15)13(17)14(18)12(10)16/h8-9,22H,4-7H2,1-3H3. The van der Waals surface area contributed by atoms with Gasteiger partial charge in [0.05, 0.1) is 0 Å². The Morgan fingerprint density at radius 1 is 1.00 bits per heavy atom. The third kappa shape index (κ3) is 5.35. The fourth-order valence-corrected chi connectivity index (χ4v) is 2.95. The predicted molar refractivity (Wildman–Crippen MR) is 75.5 cm³/mol. The summed E-state index contributed by atoms with van der Waals surface area (Å²) in [4.78, 5) is 0. The van der Waals surface area contributed by atoms with Crippen molar-refractivity contribution in [2.75, 3.05) is 14.2 Å². The summed E-state index contributed by atoms with van der Waals surface area (Å²) in [5, 5.41) is 0. The maximum Gasteiger partial charge on any atom is 0.483 e. The van der Waals surface area contributed by atoms with Gasteiger partial charge in [-0.25, -0.2) is 17.6 Å². The molecule has 0 radical (unpaired) electrons. The largest absolute Gasteiger partial charge is 0.483 e. The zero-order chi connectivity index (χ0) is 16.7. The van der Waals surface area contributed by atoms with Crippen molar-refractivity contribution in [3.8, 4) is 0 Å². The highest BCUT2D eigenvalue weighted by atomic mass is 28.3. The van der Waals surface area contributed by atoms with E-state index in [0.717, 1.165) is 0 Å². The minimum absolute atomic E-state index is 0.0943. The minimum Gasteiger partial charge on any atom is -0.379 e. The minimum atomic E-state index is -2.09. The molecule has 0 saturated heterocycles. The van der Waals surface area contributed by atoms with Gasteiger partial charge in [0.25, 0.3) is 0 Å². The van der Waals surface area contributed by atoms with Crippen molar-refractivity contribution in [2.24, 2.45) is 0 Å². The summed E-state index contributed by atoms with van der Waals surface area (Å²) in [6, 6.07) is 0.701. The Labute approximate surface area is 129 Å². The van der Waals surface area contributed by atoms with E-state index in [1.54, 1.807) is 0 Å². The van der Waals surface area contributed by atoms with Gasteiger partial charge in [-0.2, -0.15) is 0 Å². The lowest BCUT2D eigenvalue weighted by Crippen LogP contribution is -2.28. The highest BCUT2D eigenvalue weighted by Gasteiger charge is 2.19. The monoisotopic (exact) mass is 340 g/mol. The quantitative estimate of drug-likeness (QED) is 0.227.